The van der Waals surface area contributed by atoms with Crippen molar-refractivity contribution >= 4 is 23.4 Å². The van der Waals surface area contributed by atoms with E-state index in [-0.39, 0.29) is 11.4 Å². The van der Waals surface area contributed by atoms with E-state index in [9.17, 15) is 18.0 Å². The number of carbonyl (C=O) groups is 1. The Hall–Kier alpha value is -3.79. The van der Waals surface area contributed by atoms with Crippen molar-refractivity contribution in [1.82, 2.24) is 14.8 Å². The van der Waals surface area contributed by atoms with Gasteiger partial charge in [-0.3, -0.25) is 9.36 Å². The number of anilines is 1. The lowest BCUT2D eigenvalue weighted by Crippen LogP contribution is -2.15. The third kappa shape index (κ3) is 5.23. The number of thioether (sulfide) groups is 1. The maximum atomic E-state index is 12.9. The van der Waals surface area contributed by atoms with E-state index < -0.39 is 17.6 Å². The van der Waals surface area contributed by atoms with Gasteiger partial charge in [0.05, 0.1) is 24.0 Å². The number of aromatic nitrogens is 3. The topological polar surface area (TPSA) is 69.0 Å². The van der Waals surface area contributed by atoms with Crippen LogP contribution < -0.4 is 10.1 Å². The number of ether oxygens (including phenoxy) is 1. The molecule has 3 aromatic carbocycles. The molecule has 1 aromatic heterocycles. The molecule has 10 heteroatoms. The van der Waals surface area contributed by atoms with E-state index in [1.807, 2.05) is 54.6 Å². The Balaban J connectivity index is 1.58. The predicted molar refractivity (Wildman–Crippen MR) is 124 cm³/mol. The maximum absolute atomic E-state index is 12.9. The summed E-state index contributed by atoms with van der Waals surface area (Å²) in [6, 6.07) is 21.3. The van der Waals surface area contributed by atoms with Gasteiger partial charge in [-0.1, -0.05) is 48.2 Å². The fourth-order valence-corrected chi connectivity index (χ4v) is 4.03. The van der Waals surface area contributed by atoms with Gasteiger partial charge in [0.2, 0.25) is 5.91 Å². The highest BCUT2D eigenvalue weighted by Gasteiger charge is 2.30. The van der Waals surface area contributed by atoms with Crippen LogP contribution in [0.3, 0.4) is 0 Å². The first-order chi connectivity index (χ1) is 16.4. The molecule has 174 valence electrons. The summed E-state index contributed by atoms with van der Waals surface area (Å²) >= 11 is 1.12. The van der Waals surface area contributed by atoms with Crippen LogP contribution >= 0.6 is 11.8 Å². The maximum Gasteiger partial charge on any atom is 0.416 e. The quantitative estimate of drug-likeness (QED) is 0.341. The molecule has 4 aromatic rings. The number of carbonyl (C=O) groups excluding carboxylic acids is 1. The zero-order valence-corrected chi connectivity index (χ0v) is 18.7. The number of nitrogens with zero attached hydrogens (tertiary/aromatic N) is 3. The van der Waals surface area contributed by atoms with E-state index in [0.717, 1.165) is 35.1 Å². The number of benzene rings is 3. The summed E-state index contributed by atoms with van der Waals surface area (Å²) in [5.74, 6) is 0.605. The molecule has 1 N–H and O–H groups in total. The van der Waals surface area contributed by atoms with Crippen molar-refractivity contribution in [2.75, 3.05) is 18.2 Å². The lowest BCUT2D eigenvalue weighted by Gasteiger charge is -2.12. The van der Waals surface area contributed by atoms with Gasteiger partial charge in [0.25, 0.3) is 0 Å². The van der Waals surface area contributed by atoms with Crippen molar-refractivity contribution in [1.29, 1.82) is 0 Å². The molecule has 0 spiro atoms. The van der Waals surface area contributed by atoms with Gasteiger partial charge in [0.1, 0.15) is 5.75 Å². The van der Waals surface area contributed by atoms with Gasteiger partial charge >= 0.3 is 6.18 Å². The zero-order valence-electron chi connectivity index (χ0n) is 17.9. The lowest BCUT2D eigenvalue weighted by atomic mass is 10.2. The van der Waals surface area contributed by atoms with Crippen LogP contribution in [0.15, 0.2) is 84.0 Å². The van der Waals surface area contributed by atoms with Crippen LogP contribution in [0.25, 0.3) is 17.1 Å². The van der Waals surface area contributed by atoms with E-state index in [0.29, 0.717) is 16.7 Å². The second kappa shape index (κ2) is 10.0. The highest BCUT2D eigenvalue weighted by Crippen LogP contribution is 2.33. The van der Waals surface area contributed by atoms with Gasteiger partial charge in [-0.2, -0.15) is 13.2 Å². The molecule has 0 bridgehead atoms. The normalized spacial score (nSPS) is 11.3. The van der Waals surface area contributed by atoms with E-state index >= 15 is 0 Å². The summed E-state index contributed by atoms with van der Waals surface area (Å²) in [5, 5.41) is 11.5. The molecule has 34 heavy (non-hydrogen) atoms. The van der Waals surface area contributed by atoms with E-state index in [1.54, 1.807) is 11.7 Å². The summed E-state index contributed by atoms with van der Waals surface area (Å²) < 4.78 is 46.1. The molecule has 0 aliphatic carbocycles. The first-order valence-corrected chi connectivity index (χ1v) is 11.1. The van der Waals surface area contributed by atoms with Gasteiger partial charge in [0, 0.05) is 11.4 Å². The Morgan fingerprint density at radius 3 is 2.47 bits per heavy atom. The SMILES string of the molecule is COc1ccccc1-c1nnc(SCC(=O)Nc2cccc(C(F)(F)F)c2)n1-c1ccccc1. The van der Waals surface area contributed by atoms with Crippen LogP contribution in [0.5, 0.6) is 5.75 Å². The minimum atomic E-state index is -4.49. The van der Waals surface area contributed by atoms with Crippen molar-refractivity contribution < 1.29 is 22.7 Å². The predicted octanol–water partition coefficient (Wildman–Crippen LogP) is 5.69. The van der Waals surface area contributed by atoms with Crippen molar-refractivity contribution in [2.24, 2.45) is 0 Å². The van der Waals surface area contributed by atoms with Crippen LogP contribution in [0, 0.1) is 0 Å². The molecule has 0 radical (unpaired) electrons. The monoisotopic (exact) mass is 484 g/mol. The van der Waals surface area contributed by atoms with Gasteiger partial charge in [-0.05, 0) is 42.5 Å². The Labute approximate surface area is 197 Å². The summed E-state index contributed by atoms with van der Waals surface area (Å²) in [7, 11) is 1.57. The standard InChI is InChI=1S/C24H19F3N4O2S/c1-33-20-13-6-5-12-19(20)22-29-30-23(31(22)18-10-3-2-4-11-18)34-15-21(32)28-17-9-7-8-16(14-17)24(25,26)27/h2-14H,15H2,1H3,(H,28,32). The molecule has 1 amide bonds. The first kappa shape index (κ1) is 23.4. The minimum absolute atomic E-state index is 0.0691. The Kier molecular flexibility index (Phi) is 6.87. The highest BCUT2D eigenvalue weighted by atomic mass is 32.2. The Morgan fingerprint density at radius 1 is 1.00 bits per heavy atom. The second-order valence-electron chi connectivity index (χ2n) is 7.09. The smallest absolute Gasteiger partial charge is 0.416 e. The lowest BCUT2D eigenvalue weighted by molar-refractivity contribution is -0.137. The van der Waals surface area contributed by atoms with Crippen LogP contribution in [0.4, 0.5) is 18.9 Å². The highest BCUT2D eigenvalue weighted by molar-refractivity contribution is 7.99. The number of methoxy groups -OCH3 is 1. The third-order valence-electron chi connectivity index (χ3n) is 4.80. The summed E-state index contributed by atoms with van der Waals surface area (Å²) in [4.78, 5) is 12.5. The molecular weight excluding hydrogens is 465 g/mol. The third-order valence-corrected chi connectivity index (χ3v) is 5.73. The average Bonchev–Trinajstić information content (AvgIpc) is 3.26. The Bertz CT molecular complexity index is 1290. The fourth-order valence-electron chi connectivity index (χ4n) is 3.28. The number of nitrogens with one attached hydrogen (secondary N) is 1. The van der Waals surface area contributed by atoms with Crippen LogP contribution in [0.2, 0.25) is 0 Å². The number of amides is 1. The molecule has 0 aliphatic rings. The van der Waals surface area contributed by atoms with Gasteiger partial charge < -0.3 is 10.1 Å². The number of hydrogen-bond acceptors (Lipinski definition) is 5. The van der Waals surface area contributed by atoms with E-state index in [2.05, 4.69) is 15.5 Å². The first-order valence-electron chi connectivity index (χ1n) is 10.1. The molecule has 6 nitrogen and oxygen atoms in total. The molecule has 4 rings (SSSR count). The van der Waals surface area contributed by atoms with Gasteiger partial charge in [-0.25, -0.2) is 0 Å². The molecular formula is C24H19F3N4O2S. The number of hydrogen-bond donors (Lipinski definition) is 1. The van der Waals surface area contributed by atoms with Gasteiger partial charge in [-0.15, -0.1) is 10.2 Å². The Morgan fingerprint density at radius 2 is 1.74 bits per heavy atom. The summed E-state index contributed by atoms with van der Waals surface area (Å²) in [6.07, 6.45) is -4.49. The van der Waals surface area contributed by atoms with Crippen LogP contribution in [0.1, 0.15) is 5.56 Å². The van der Waals surface area contributed by atoms with Crippen LogP contribution in [-0.2, 0) is 11.0 Å². The second-order valence-corrected chi connectivity index (χ2v) is 8.04. The number of rotatable bonds is 7. The van der Waals surface area contributed by atoms with E-state index in [4.69, 9.17) is 4.74 Å². The number of alkyl halides is 3. The fraction of sp³-hybridized carbons (Fsp3) is 0.125. The largest absolute Gasteiger partial charge is 0.496 e. The summed E-state index contributed by atoms with van der Waals surface area (Å²) in [6.45, 7) is 0. The van der Waals surface area contributed by atoms with E-state index in [1.165, 1.54) is 12.1 Å². The van der Waals surface area contributed by atoms with Crippen molar-refractivity contribution in [3.05, 3.63) is 84.4 Å². The number of halogens is 3. The zero-order chi connectivity index (χ0) is 24.1. The number of para-hydroxylation sites is 2. The van der Waals surface area contributed by atoms with Crippen molar-refractivity contribution in [3.8, 4) is 22.8 Å². The molecule has 0 saturated carbocycles. The molecule has 1 heterocycles. The van der Waals surface area contributed by atoms with Crippen LogP contribution in [-0.4, -0.2) is 33.5 Å². The minimum Gasteiger partial charge on any atom is -0.496 e. The molecule has 0 unspecified atom stereocenters. The summed E-state index contributed by atoms with van der Waals surface area (Å²) in [5.41, 5.74) is 0.749. The molecule has 0 saturated heterocycles. The molecule has 0 aliphatic heterocycles. The molecule has 0 atom stereocenters. The average molecular weight is 485 g/mol. The van der Waals surface area contributed by atoms with Crippen molar-refractivity contribution in [2.45, 2.75) is 11.3 Å². The van der Waals surface area contributed by atoms with Gasteiger partial charge in [0.15, 0.2) is 11.0 Å². The van der Waals surface area contributed by atoms with Crippen molar-refractivity contribution in [3.63, 3.8) is 0 Å². The molecule has 0 fully saturated rings.